The average Bonchev–Trinajstić information content (AvgIpc) is 3.26. The molecule has 0 spiro atoms. The lowest BCUT2D eigenvalue weighted by molar-refractivity contribution is -0.870. The lowest BCUT2D eigenvalue weighted by atomic mass is 9.99. The van der Waals surface area contributed by atoms with Crippen molar-refractivity contribution in [2.24, 2.45) is 0 Å². The molecule has 0 aromatic carbocycles. The molecule has 1 amide bonds. The van der Waals surface area contributed by atoms with E-state index in [1.54, 1.807) is 0 Å². The number of phosphoric ester groups is 1. The molecule has 0 aliphatic carbocycles. The molecule has 0 bridgehead atoms. The first-order valence-corrected chi connectivity index (χ1v) is 30.0. The molecule has 0 aliphatic rings. The van der Waals surface area contributed by atoms with E-state index in [0.717, 1.165) is 38.5 Å². The topological polar surface area (TPSA) is 125 Å². The number of hydrogen-bond acceptors (Lipinski definition) is 6. The van der Waals surface area contributed by atoms with Gasteiger partial charge in [0.15, 0.2) is 0 Å². The number of nitrogens with one attached hydrogen (secondary N) is 1. The van der Waals surface area contributed by atoms with Crippen LogP contribution in [0, 0.1) is 0 Å². The quantitative estimate of drug-likeness (QED) is 0.0272. The molecular weight excluding hydrogens is 832 g/mol. The minimum atomic E-state index is -4.41. The minimum Gasteiger partial charge on any atom is -0.390 e. The number of carbonyl (C=O) groups is 1. The number of unbranched alkanes of at least 4 members (excludes halogenated alkanes) is 39. The molecule has 9 nitrogen and oxygen atoms in total. The number of aliphatic hydroxyl groups excluding tert-OH is 2. The molecule has 65 heavy (non-hydrogen) atoms. The zero-order chi connectivity index (χ0) is 48.0. The van der Waals surface area contributed by atoms with Crippen LogP contribution in [0.2, 0.25) is 0 Å². The molecular formula is C55H114N2O7P+. The van der Waals surface area contributed by atoms with Crippen LogP contribution >= 0.6 is 7.82 Å². The highest BCUT2D eigenvalue weighted by Gasteiger charge is 2.32. The Morgan fingerprint density at radius 3 is 1.08 bits per heavy atom. The van der Waals surface area contributed by atoms with E-state index in [9.17, 15) is 24.5 Å². The molecule has 0 aromatic rings. The van der Waals surface area contributed by atoms with Gasteiger partial charge in [0.2, 0.25) is 5.91 Å². The summed E-state index contributed by atoms with van der Waals surface area (Å²) in [4.78, 5) is 23.3. The lowest BCUT2D eigenvalue weighted by Gasteiger charge is -2.28. The van der Waals surface area contributed by atoms with Crippen molar-refractivity contribution >= 4 is 13.7 Å². The smallest absolute Gasteiger partial charge is 0.390 e. The zero-order valence-corrected chi connectivity index (χ0v) is 45.0. The number of hydrogen-bond donors (Lipinski definition) is 4. The van der Waals surface area contributed by atoms with Gasteiger partial charge in [0.1, 0.15) is 19.3 Å². The SMILES string of the molecule is CCCCCCCCCCCCCCCCCCCCCCCCCCCCCCCC(=O)NC(COP(=O)(O)OCC[N+](C)(C)C)C(O)C(O)CCCCCCCCCCCCCC. The van der Waals surface area contributed by atoms with Crippen LogP contribution in [0.4, 0.5) is 0 Å². The van der Waals surface area contributed by atoms with Gasteiger partial charge in [0, 0.05) is 6.42 Å². The number of amides is 1. The van der Waals surface area contributed by atoms with Gasteiger partial charge in [-0.05, 0) is 12.8 Å². The summed E-state index contributed by atoms with van der Waals surface area (Å²) in [6.07, 6.45) is 51.9. The van der Waals surface area contributed by atoms with Crippen LogP contribution < -0.4 is 5.32 Å². The molecule has 4 atom stereocenters. The summed E-state index contributed by atoms with van der Waals surface area (Å²) in [7, 11) is 1.45. The van der Waals surface area contributed by atoms with E-state index >= 15 is 0 Å². The number of likely N-dealkylation sites (N-methyl/N-ethyl adjacent to an activating group) is 1. The van der Waals surface area contributed by atoms with Gasteiger partial charge in [-0.25, -0.2) is 4.57 Å². The predicted molar refractivity (Wildman–Crippen MR) is 278 cm³/mol. The molecule has 0 saturated heterocycles. The van der Waals surface area contributed by atoms with Gasteiger partial charge in [-0.2, -0.15) is 0 Å². The average molecular weight is 946 g/mol. The van der Waals surface area contributed by atoms with E-state index in [0.29, 0.717) is 23.9 Å². The summed E-state index contributed by atoms with van der Waals surface area (Å²) in [5.41, 5.74) is 0. The minimum absolute atomic E-state index is 0.0259. The maximum absolute atomic E-state index is 13.0. The summed E-state index contributed by atoms with van der Waals surface area (Å²) in [5, 5.41) is 24.8. The van der Waals surface area contributed by atoms with E-state index in [1.165, 1.54) is 225 Å². The number of phosphoric acid groups is 1. The number of aliphatic hydroxyl groups is 2. The monoisotopic (exact) mass is 946 g/mol. The van der Waals surface area contributed by atoms with Crippen LogP contribution in [0.3, 0.4) is 0 Å². The van der Waals surface area contributed by atoms with Crippen molar-refractivity contribution in [1.29, 1.82) is 0 Å². The highest BCUT2D eigenvalue weighted by Crippen LogP contribution is 2.43. The first-order chi connectivity index (χ1) is 31.4. The number of nitrogens with zero attached hydrogens (tertiary/aromatic N) is 1. The van der Waals surface area contributed by atoms with Gasteiger partial charge in [0.05, 0.1) is 39.9 Å². The molecule has 0 aromatic heterocycles. The van der Waals surface area contributed by atoms with Gasteiger partial charge >= 0.3 is 7.82 Å². The van der Waals surface area contributed by atoms with Crippen LogP contribution in [0.15, 0.2) is 0 Å². The van der Waals surface area contributed by atoms with Crippen LogP contribution in [0.5, 0.6) is 0 Å². The van der Waals surface area contributed by atoms with Gasteiger partial charge < -0.3 is 24.9 Å². The second-order valence-electron chi connectivity index (χ2n) is 21.2. The van der Waals surface area contributed by atoms with E-state index < -0.39 is 32.7 Å². The van der Waals surface area contributed by atoms with Crippen molar-refractivity contribution in [3.8, 4) is 0 Å². The van der Waals surface area contributed by atoms with E-state index in [2.05, 4.69) is 19.2 Å². The largest absolute Gasteiger partial charge is 0.472 e. The molecule has 0 heterocycles. The highest BCUT2D eigenvalue weighted by atomic mass is 31.2. The van der Waals surface area contributed by atoms with Crippen LogP contribution in [-0.2, 0) is 18.4 Å². The molecule has 390 valence electrons. The molecule has 10 heteroatoms. The zero-order valence-electron chi connectivity index (χ0n) is 44.1. The first kappa shape index (κ1) is 64.5. The molecule has 4 N–H and O–H groups in total. The van der Waals surface area contributed by atoms with Crippen molar-refractivity contribution in [2.75, 3.05) is 40.9 Å². The van der Waals surface area contributed by atoms with Gasteiger partial charge in [0.25, 0.3) is 0 Å². The Kier molecular flexibility index (Phi) is 46.8. The second-order valence-corrected chi connectivity index (χ2v) is 22.6. The molecule has 0 saturated carbocycles. The van der Waals surface area contributed by atoms with Gasteiger partial charge in [-0.15, -0.1) is 0 Å². The maximum atomic E-state index is 13.0. The van der Waals surface area contributed by atoms with E-state index in [1.807, 2.05) is 21.1 Å². The summed E-state index contributed by atoms with van der Waals surface area (Å²) in [6.45, 7) is 4.65. The molecule has 0 rings (SSSR count). The lowest BCUT2D eigenvalue weighted by Crippen LogP contribution is -2.51. The summed E-state index contributed by atoms with van der Waals surface area (Å²) < 4.78 is 23.6. The Labute approximate surface area is 404 Å². The second kappa shape index (κ2) is 47.2. The highest BCUT2D eigenvalue weighted by molar-refractivity contribution is 7.47. The number of quaternary nitrogens is 1. The Morgan fingerprint density at radius 2 is 0.769 bits per heavy atom. The standard InChI is InChI=1S/C55H113N2O7P/c1-6-8-10-12-14-16-18-20-21-22-23-24-25-26-27-28-29-30-31-32-33-34-35-36-38-40-42-44-46-48-54(59)56-52(51-64-65(61,62)63-50-49-57(3,4)5)55(60)53(58)47-45-43-41-39-37-19-17-15-13-11-9-7-2/h52-53,55,58,60H,6-51H2,1-5H3,(H-,56,59,61,62)/p+1. The normalized spacial score (nSPS) is 14.4. The fourth-order valence-corrected chi connectivity index (χ4v) is 9.65. The summed E-state index contributed by atoms with van der Waals surface area (Å²) in [6, 6.07) is -1.03. The van der Waals surface area contributed by atoms with Gasteiger partial charge in [-0.1, -0.05) is 271 Å². The van der Waals surface area contributed by atoms with Crippen molar-refractivity contribution in [2.45, 2.75) is 308 Å². The fraction of sp³-hybridized carbons (Fsp3) is 0.982. The molecule has 4 unspecified atom stereocenters. The Bertz CT molecular complexity index is 1040. The Morgan fingerprint density at radius 1 is 0.477 bits per heavy atom. The fourth-order valence-electron chi connectivity index (χ4n) is 8.91. The third-order valence-corrected chi connectivity index (χ3v) is 14.4. The number of carbonyl (C=O) groups excluding carboxylic acids is 1. The predicted octanol–water partition coefficient (Wildman–Crippen LogP) is 15.8. The van der Waals surface area contributed by atoms with Gasteiger partial charge in [-0.3, -0.25) is 13.8 Å². The summed E-state index contributed by atoms with van der Waals surface area (Å²) >= 11 is 0. The van der Waals surface area contributed by atoms with E-state index in [4.69, 9.17) is 9.05 Å². The van der Waals surface area contributed by atoms with Crippen molar-refractivity contribution in [1.82, 2.24) is 5.32 Å². The van der Waals surface area contributed by atoms with Crippen LogP contribution in [0.25, 0.3) is 0 Å². The number of rotatable bonds is 53. The third kappa shape index (κ3) is 48.3. The molecule has 0 aliphatic heterocycles. The maximum Gasteiger partial charge on any atom is 0.472 e. The van der Waals surface area contributed by atoms with Crippen LogP contribution in [0.1, 0.15) is 290 Å². The van der Waals surface area contributed by atoms with Crippen molar-refractivity contribution in [3.05, 3.63) is 0 Å². The molecule has 0 radical (unpaired) electrons. The van der Waals surface area contributed by atoms with Crippen molar-refractivity contribution in [3.63, 3.8) is 0 Å². The summed E-state index contributed by atoms with van der Waals surface area (Å²) in [5.74, 6) is -0.251. The van der Waals surface area contributed by atoms with Crippen molar-refractivity contribution < 1.29 is 38.0 Å². The van der Waals surface area contributed by atoms with Crippen LogP contribution in [-0.4, -0.2) is 84.6 Å². The first-order valence-electron chi connectivity index (χ1n) is 28.5. The Hall–Kier alpha value is -0.540. The van der Waals surface area contributed by atoms with E-state index in [-0.39, 0.29) is 12.5 Å². The molecule has 0 fully saturated rings. The Balaban J connectivity index is 4.08. The third-order valence-electron chi connectivity index (χ3n) is 13.4.